The van der Waals surface area contributed by atoms with Gasteiger partial charge < -0.3 is 15.4 Å². The molecule has 0 spiro atoms. The van der Waals surface area contributed by atoms with Crippen molar-refractivity contribution in [2.45, 2.75) is 59.2 Å². The van der Waals surface area contributed by atoms with Crippen molar-refractivity contribution >= 4 is 11.8 Å². The van der Waals surface area contributed by atoms with Gasteiger partial charge in [-0.25, -0.2) is 4.79 Å². The molecule has 1 aromatic rings. The second kappa shape index (κ2) is 6.16. The summed E-state index contributed by atoms with van der Waals surface area (Å²) in [4.78, 5) is 11.7. The molecular formula is C16H26N2O2. The van der Waals surface area contributed by atoms with Gasteiger partial charge in [0, 0.05) is 17.8 Å². The standard InChI is InChI=1S/C16H26N2O2/c1-15(2,3)18-13-10-8-7-9-12(13)11-17-14(19)20-16(4,5)6/h7-10,18H,11H2,1-6H3,(H,17,19). The van der Waals surface area contributed by atoms with Crippen molar-refractivity contribution in [3.05, 3.63) is 29.8 Å². The molecule has 0 atom stereocenters. The number of anilines is 1. The average Bonchev–Trinajstić information content (AvgIpc) is 2.23. The van der Waals surface area contributed by atoms with Crippen LogP contribution in [-0.4, -0.2) is 17.2 Å². The molecule has 0 aromatic heterocycles. The molecule has 20 heavy (non-hydrogen) atoms. The van der Waals surface area contributed by atoms with E-state index in [2.05, 4.69) is 31.4 Å². The number of carbonyl (C=O) groups is 1. The van der Waals surface area contributed by atoms with Gasteiger partial charge in [-0.05, 0) is 53.2 Å². The first-order valence-corrected chi connectivity index (χ1v) is 6.90. The number of hydrogen-bond donors (Lipinski definition) is 2. The molecule has 1 aromatic carbocycles. The Bertz CT molecular complexity index is 456. The highest BCUT2D eigenvalue weighted by atomic mass is 16.6. The molecule has 0 saturated heterocycles. The third kappa shape index (κ3) is 6.45. The summed E-state index contributed by atoms with van der Waals surface area (Å²) in [7, 11) is 0. The van der Waals surface area contributed by atoms with Gasteiger partial charge >= 0.3 is 6.09 Å². The van der Waals surface area contributed by atoms with E-state index in [1.807, 2.05) is 45.0 Å². The molecule has 0 bridgehead atoms. The number of ether oxygens (including phenoxy) is 1. The van der Waals surface area contributed by atoms with Gasteiger partial charge in [0.2, 0.25) is 0 Å². The second-order valence-corrected chi connectivity index (χ2v) is 6.89. The third-order valence-electron chi connectivity index (χ3n) is 2.35. The lowest BCUT2D eigenvalue weighted by Gasteiger charge is -2.24. The molecule has 4 nitrogen and oxygen atoms in total. The van der Waals surface area contributed by atoms with E-state index in [4.69, 9.17) is 4.74 Å². The van der Waals surface area contributed by atoms with Gasteiger partial charge in [0.15, 0.2) is 0 Å². The quantitative estimate of drug-likeness (QED) is 0.881. The predicted octanol–water partition coefficient (Wildman–Crippen LogP) is 3.92. The zero-order valence-corrected chi connectivity index (χ0v) is 13.3. The topological polar surface area (TPSA) is 50.4 Å². The van der Waals surface area contributed by atoms with Crippen molar-refractivity contribution in [2.75, 3.05) is 5.32 Å². The minimum atomic E-state index is -0.479. The van der Waals surface area contributed by atoms with E-state index in [-0.39, 0.29) is 5.54 Å². The van der Waals surface area contributed by atoms with Crippen molar-refractivity contribution in [1.82, 2.24) is 5.32 Å². The Hall–Kier alpha value is -1.71. The number of para-hydroxylation sites is 1. The molecule has 1 amide bonds. The lowest BCUT2D eigenvalue weighted by atomic mass is 10.1. The minimum Gasteiger partial charge on any atom is -0.444 e. The summed E-state index contributed by atoms with van der Waals surface area (Å²) in [6, 6.07) is 7.94. The van der Waals surface area contributed by atoms with Crippen LogP contribution in [0.5, 0.6) is 0 Å². The molecule has 0 fully saturated rings. The smallest absolute Gasteiger partial charge is 0.407 e. The number of alkyl carbamates (subject to hydrolysis) is 1. The Morgan fingerprint density at radius 2 is 1.70 bits per heavy atom. The van der Waals surface area contributed by atoms with E-state index >= 15 is 0 Å². The van der Waals surface area contributed by atoms with Gasteiger partial charge in [0.05, 0.1) is 0 Å². The Labute approximate surface area is 121 Å². The molecule has 0 aliphatic rings. The van der Waals surface area contributed by atoms with Crippen LogP contribution in [-0.2, 0) is 11.3 Å². The molecule has 0 aliphatic heterocycles. The van der Waals surface area contributed by atoms with Crippen molar-refractivity contribution in [1.29, 1.82) is 0 Å². The maximum absolute atomic E-state index is 11.7. The normalized spacial score (nSPS) is 11.9. The summed E-state index contributed by atoms with van der Waals surface area (Å²) in [6.45, 7) is 12.3. The van der Waals surface area contributed by atoms with Crippen molar-refractivity contribution in [2.24, 2.45) is 0 Å². The number of rotatable bonds is 3. The summed E-state index contributed by atoms with van der Waals surface area (Å²) < 4.78 is 5.23. The van der Waals surface area contributed by atoms with Crippen LogP contribution >= 0.6 is 0 Å². The van der Waals surface area contributed by atoms with E-state index in [9.17, 15) is 4.79 Å². The second-order valence-electron chi connectivity index (χ2n) is 6.89. The summed E-state index contributed by atoms with van der Waals surface area (Å²) in [5.41, 5.74) is 1.55. The van der Waals surface area contributed by atoms with E-state index in [1.165, 1.54) is 0 Å². The molecule has 0 radical (unpaired) electrons. The fraction of sp³-hybridized carbons (Fsp3) is 0.562. The van der Waals surface area contributed by atoms with Gasteiger partial charge in [-0.2, -0.15) is 0 Å². The monoisotopic (exact) mass is 278 g/mol. The van der Waals surface area contributed by atoms with E-state index in [0.717, 1.165) is 11.3 Å². The lowest BCUT2D eigenvalue weighted by molar-refractivity contribution is 0.0523. The number of amides is 1. The van der Waals surface area contributed by atoms with E-state index < -0.39 is 11.7 Å². The summed E-state index contributed by atoms with van der Waals surface area (Å²) in [5, 5.41) is 6.21. The zero-order chi connectivity index (χ0) is 15.4. The van der Waals surface area contributed by atoms with Crippen molar-refractivity contribution in [3.63, 3.8) is 0 Å². The molecular weight excluding hydrogens is 252 g/mol. The zero-order valence-electron chi connectivity index (χ0n) is 13.3. The maximum atomic E-state index is 11.7. The van der Waals surface area contributed by atoms with Crippen molar-refractivity contribution < 1.29 is 9.53 Å². The van der Waals surface area contributed by atoms with Gasteiger partial charge in [0.25, 0.3) is 0 Å². The number of hydrogen-bond acceptors (Lipinski definition) is 3. The van der Waals surface area contributed by atoms with Gasteiger partial charge in [-0.3, -0.25) is 0 Å². The predicted molar refractivity (Wildman–Crippen MR) is 82.9 cm³/mol. The van der Waals surface area contributed by atoms with Crippen LogP contribution in [0.2, 0.25) is 0 Å². The van der Waals surface area contributed by atoms with Crippen LogP contribution in [0.1, 0.15) is 47.1 Å². The van der Waals surface area contributed by atoms with E-state index in [0.29, 0.717) is 6.54 Å². The van der Waals surface area contributed by atoms with Crippen LogP contribution < -0.4 is 10.6 Å². The molecule has 1 rings (SSSR count). The first kappa shape index (κ1) is 16.3. The molecule has 0 aliphatic carbocycles. The van der Waals surface area contributed by atoms with Crippen LogP contribution in [0.15, 0.2) is 24.3 Å². The highest BCUT2D eigenvalue weighted by Gasteiger charge is 2.16. The van der Waals surface area contributed by atoms with E-state index in [1.54, 1.807) is 0 Å². The first-order chi connectivity index (χ1) is 9.07. The van der Waals surface area contributed by atoms with Crippen LogP contribution in [0.4, 0.5) is 10.5 Å². The minimum absolute atomic E-state index is 0.0258. The Morgan fingerprint density at radius 1 is 1.10 bits per heavy atom. The molecule has 0 heterocycles. The molecule has 0 unspecified atom stereocenters. The maximum Gasteiger partial charge on any atom is 0.407 e. The lowest BCUT2D eigenvalue weighted by Crippen LogP contribution is -2.32. The fourth-order valence-electron chi connectivity index (χ4n) is 1.68. The Balaban J connectivity index is 2.67. The molecule has 0 saturated carbocycles. The summed E-state index contributed by atoms with van der Waals surface area (Å²) in [6.07, 6.45) is -0.400. The fourth-order valence-corrected chi connectivity index (χ4v) is 1.68. The Morgan fingerprint density at radius 3 is 2.25 bits per heavy atom. The SMILES string of the molecule is CC(C)(C)Nc1ccccc1CNC(=O)OC(C)(C)C. The Kier molecular flexibility index (Phi) is 5.03. The number of nitrogens with one attached hydrogen (secondary N) is 2. The number of carbonyl (C=O) groups excluding carboxylic acids is 1. The third-order valence-corrected chi connectivity index (χ3v) is 2.35. The summed E-state index contributed by atoms with van der Waals surface area (Å²) in [5.74, 6) is 0. The largest absolute Gasteiger partial charge is 0.444 e. The highest BCUT2D eigenvalue weighted by Crippen LogP contribution is 2.19. The molecule has 2 N–H and O–H groups in total. The van der Waals surface area contributed by atoms with Gasteiger partial charge in [-0.1, -0.05) is 18.2 Å². The van der Waals surface area contributed by atoms with Crippen molar-refractivity contribution in [3.8, 4) is 0 Å². The molecule has 112 valence electrons. The molecule has 4 heteroatoms. The number of benzene rings is 1. The van der Waals surface area contributed by atoms with Crippen LogP contribution in [0.3, 0.4) is 0 Å². The highest BCUT2D eigenvalue weighted by molar-refractivity contribution is 5.68. The first-order valence-electron chi connectivity index (χ1n) is 6.90. The van der Waals surface area contributed by atoms with Gasteiger partial charge in [-0.15, -0.1) is 0 Å². The van der Waals surface area contributed by atoms with Gasteiger partial charge in [0.1, 0.15) is 5.60 Å². The average molecular weight is 278 g/mol. The summed E-state index contributed by atoms with van der Waals surface area (Å²) >= 11 is 0. The van der Waals surface area contributed by atoms with Crippen LogP contribution in [0.25, 0.3) is 0 Å². The van der Waals surface area contributed by atoms with Crippen LogP contribution in [0, 0.1) is 0 Å².